The van der Waals surface area contributed by atoms with Crippen molar-refractivity contribution >= 4 is 57.2 Å². The highest BCUT2D eigenvalue weighted by atomic mass is 16.5. The summed E-state index contributed by atoms with van der Waals surface area (Å²) in [5, 5.41) is 14.4. The van der Waals surface area contributed by atoms with E-state index < -0.39 is 58.9 Å². The van der Waals surface area contributed by atoms with Gasteiger partial charge in [-0.2, -0.15) is 0 Å². The Morgan fingerprint density at radius 2 is 1.28 bits per heavy atom. The third-order valence-electron chi connectivity index (χ3n) is 16.5. The summed E-state index contributed by atoms with van der Waals surface area (Å²) in [6.07, 6.45) is 10.9. The van der Waals surface area contributed by atoms with Crippen LogP contribution in [-0.4, -0.2) is 155 Å². The average Bonchev–Trinajstić information content (AvgIpc) is 3.99. The number of rotatable bonds is 12. The van der Waals surface area contributed by atoms with E-state index in [1.54, 1.807) is 19.1 Å². The Balaban J connectivity index is 1.06. The minimum Gasteiger partial charge on any atom is -0.383 e. The number of nitrogens with one attached hydrogen (secondary N) is 6. The molecule has 2 aromatic carbocycles. The van der Waals surface area contributed by atoms with Crippen molar-refractivity contribution in [1.82, 2.24) is 45.9 Å². The van der Waals surface area contributed by atoms with Gasteiger partial charge in [0.1, 0.15) is 35.2 Å². The second kappa shape index (κ2) is 19.5. The van der Waals surface area contributed by atoms with Crippen LogP contribution in [0.3, 0.4) is 0 Å². The Kier molecular flexibility index (Phi) is 13.3. The van der Waals surface area contributed by atoms with Gasteiger partial charge < -0.3 is 50.5 Å². The molecule has 368 valence electrons. The Morgan fingerprint density at radius 3 is 1.93 bits per heavy atom. The average molecular weight is 946 g/mol. The van der Waals surface area contributed by atoms with Crippen LogP contribution in [0, 0.1) is 11.8 Å². The lowest BCUT2D eigenvalue weighted by Gasteiger charge is -2.41. The lowest BCUT2D eigenvalue weighted by Crippen LogP contribution is -2.66. The number of amides is 6. The predicted octanol–water partition coefficient (Wildman–Crippen LogP) is 3.08. The summed E-state index contributed by atoms with van der Waals surface area (Å²) < 4.78 is 10.9. The number of benzene rings is 2. The van der Waals surface area contributed by atoms with Crippen molar-refractivity contribution in [2.75, 3.05) is 53.6 Å². The molecular formula is C52H67N9O8. The van der Waals surface area contributed by atoms with Crippen molar-refractivity contribution in [2.24, 2.45) is 11.8 Å². The highest BCUT2D eigenvalue weighted by Gasteiger charge is 2.75. The van der Waals surface area contributed by atoms with E-state index in [-0.39, 0.29) is 49.1 Å². The molecule has 69 heavy (non-hydrogen) atoms. The number of carbonyl (C=O) groups is 6. The zero-order valence-corrected chi connectivity index (χ0v) is 39.9. The van der Waals surface area contributed by atoms with Crippen LogP contribution in [0.2, 0.25) is 0 Å². The number of fused-ring (bicyclic) bond motifs is 6. The summed E-state index contributed by atoms with van der Waals surface area (Å²) in [5.41, 5.74) is 0.783. The van der Waals surface area contributed by atoms with E-state index in [9.17, 15) is 0 Å². The molecule has 2 aromatic heterocycles. The number of ether oxygens (including phenoxy) is 2. The van der Waals surface area contributed by atoms with Gasteiger partial charge in [-0.1, -0.05) is 62.1 Å². The van der Waals surface area contributed by atoms with Crippen molar-refractivity contribution in [3.8, 4) is 0 Å². The lowest BCUT2D eigenvalue weighted by molar-refractivity contribution is -0.152. The van der Waals surface area contributed by atoms with E-state index in [0.29, 0.717) is 77.8 Å². The molecule has 4 aromatic rings. The molecule has 6 aliphatic rings. The maximum absolute atomic E-state index is 15.5. The first-order valence-electron chi connectivity index (χ1n) is 25.2. The summed E-state index contributed by atoms with van der Waals surface area (Å²) in [6, 6.07) is 11.1. The Bertz CT molecular complexity index is 2580. The van der Waals surface area contributed by atoms with Crippen molar-refractivity contribution in [3.05, 3.63) is 72.1 Å². The van der Waals surface area contributed by atoms with E-state index in [0.717, 1.165) is 58.6 Å². The number of aromatic nitrogens is 2. The number of methoxy groups -OCH3 is 2. The molecule has 3 saturated heterocycles. The number of piperidine rings is 1. The highest BCUT2D eigenvalue weighted by molar-refractivity contribution is 6.03. The molecule has 6 amide bonds. The number of H-pyrrole nitrogens is 2. The molecule has 0 radical (unpaired) electrons. The van der Waals surface area contributed by atoms with Crippen LogP contribution in [0.5, 0.6) is 0 Å². The first-order chi connectivity index (χ1) is 33.5. The van der Waals surface area contributed by atoms with Crippen LogP contribution in [0.1, 0.15) is 81.8 Å². The number of hydrogen-bond donors (Lipinski definition) is 6. The van der Waals surface area contributed by atoms with Gasteiger partial charge in [0.15, 0.2) is 0 Å². The van der Waals surface area contributed by atoms with Crippen LogP contribution in [0.15, 0.2) is 60.9 Å². The standard InChI is InChI=1S/C52H67N9O8/c1-68-24-22-59(23-25-69-2)31-42-47(64)60-21-11-18-44(60)48(65)61-43-17-8-5-14-36(43)37-28-52(37,61)50(67)57-41(27-33-30-54-39-16-7-4-13-35(33)39)46(63)58-51(19-9-10-20-51)49(66)56-40(45(62)55-42)26-32-29-53-38-15-6-3-12-34(32)38/h3-4,6-7,12-13,15-16,29-30,36-37,40-44,53-54H,5,8-11,14,17-28,31H2,1-2H3,(H,55,62)(H,56,66)(H,57,67)(H,58,63)/t36-,37+,40-,41?,42-,43-,44+,52+/m0/s1. The summed E-state index contributed by atoms with van der Waals surface area (Å²) in [6.45, 7) is 1.99. The second-order valence-electron chi connectivity index (χ2n) is 20.5. The zero-order chi connectivity index (χ0) is 47.9. The second-order valence-corrected chi connectivity index (χ2v) is 20.5. The molecule has 3 saturated carbocycles. The number of carbonyl (C=O) groups excluding carboxylic acids is 6. The van der Waals surface area contributed by atoms with Gasteiger partial charge in [0, 0.05) is 93.5 Å². The quantitative estimate of drug-likeness (QED) is 0.123. The minimum atomic E-state index is -1.40. The molecule has 5 heterocycles. The summed E-state index contributed by atoms with van der Waals surface area (Å²) in [5.74, 6) is -2.56. The molecule has 17 nitrogen and oxygen atoms in total. The molecule has 17 heteroatoms. The van der Waals surface area contributed by atoms with Crippen LogP contribution < -0.4 is 21.3 Å². The SMILES string of the molecule is COCCN(CCOC)C[C@@H]1NC(=O)[C@H](Cc2c[nH]c3ccccc23)NC(=O)C2(CCCC2)NC(=O)C(Cc2c[nH]c3ccccc23)NC(=O)[C@@]23C[C@@H]2[C@@H]2CCCC[C@@H]2N3C(=O)[C@H]2CCCN2C1=O. The summed E-state index contributed by atoms with van der Waals surface area (Å²) in [4.78, 5) is 104. The molecule has 6 N–H and O–H groups in total. The predicted molar refractivity (Wildman–Crippen MR) is 257 cm³/mol. The largest absolute Gasteiger partial charge is 0.383 e. The van der Waals surface area contributed by atoms with Gasteiger partial charge >= 0.3 is 0 Å². The molecule has 0 bridgehead atoms. The van der Waals surface area contributed by atoms with Crippen molar-refractivity contribution < 1.29 is 38.2 Å². The van der Waals surface area contributed by atoms with Gasteiger partial charge in [-0.3, -0.25) is 33.7 Å². The van der Waals surface area contributed by atoms with Gasteiger partial charge in [0.2, 0.25) is 35.4 Å². The lowest BCUT2D eigenvalue weighted by atomic mass is 9.82. The smallest absolute Gasteiger partial charge is 0.247 e. The van der Waals surface area contributed by atoms with Crippen LogP contribution in [-0.2, 0) is 51.1 Å². The van der Waals surface area contributed by atoms with E-state index >= 15 is 28.8 Å². The normalized spacial score (nSPS) is 29.6. The summed E-state index contributed by atoms with van der Waals surface area (Å²) in [7, 11) is 3.21. The van der Waals surface area contributed by atoms with Crippen molar-refractivity contribution in [1.29, 1.82) is 0 Å². The van der Waals surface area contributed by atoms with Gasteiger partial charge in [-0.25, -0.2) is 0 Å². The van der Waals surface area contributed by atoms with Crippen LogP contribution in [0.25, 0.3) is 21.8 Å². The number of aromatic amines is 2. The molecule has 10 rings (SSSR count). The van der Waals surface area contributed by atoms with Crippen LogP contribution >= 0.6 is 0 Å². The first kappa shape index (κ1) is 46.9. The Labute approximate surface area is 402 Å². The third kappa shape index (κ3) is 8.79. The number of hydrogen-bond acceptors (Lipinski definition) is 9. The maximum atomic E-state index is 15.5. The van der Waals surface area contributed by atoms with Gasteiger partial charge in [-0.15, -0.1) is 0 Å². The molecule has 3 aliphatic carbocycles. The molecule has 3 aliphatic heterocycles. The molecular weight excluding hydrogens is 879 g/mol. The first-order valence-corrected chi connectivity index (χ1v) is 25.2. The molecule has 8 atom stereocenters. The van der Waals surface area contributed by atoms with Gasteiger partial charge in [0.05, 0.1) is 13.2 Å². The van der Waals surface area contributed by atoms with E-state index in [1.807, 2.05) is 70.7 Å². The van der Waals surface area contributed by atoms with E-state index in [1.165, 1.54) is 0 Å². The fourth-order valence-electron chi connectivity index (χ4n) is 12.9. The van der Waals surface area contributed by atoms with Gasteiger partial charge in [-0.05, 0) is 80.0 Å². The van der Waals surface area contributed by atoms with Crippen LogP contribution in [0.4, 0.5) is 0 Å². The fraction of sp³-hybridized carbons (Fsp3) is 0.577. The monoisotopic (exact) mass is 946 g/mol. The third-order valence-corrected chi connectivity index (χ3v) is 16.5. The molecule has 6 fully saturated rings. The van der Waals surface area contributed by atoms with E-state index in [4.69, 9.17) is 9.47 Å². The number of nitrogens with zero attached hydrogens (tertiary/aromatic N) is 3. The van der Waals surface area contributed by atoms with Crippen molar-refractivity contribution in [2.45, 2.75) is 125 Å². The molecule has 2 spiro atoms. The Hall–Kier alpha value is -5.78. The minimum absolute atomic E-state index is 0.0778. The number of para-hydroxylation sites is 2. The fourth-order valence-corrected chi connectivity index (χ4v) is 12.9. The van der Waals surface area contributed by atoms with E-state index in [2.05, 4.69) is 31.2 Å². The Morgan fingerprint density at radius 1 is 0.667 bits per heavy atom. The zero-order valence-electron chi connectivity index (χ0n) is 39.9. The van der Waals surface area contributed by atoms with Gasteiger partial charge in [0.25, 0.3) is 0 Å². The topological polar surface area (TPSA) is 210 Å². The maximum Gasteiger partial charge on any atom is 0.247 e. The highest BCUT2D eigenvalue weighted by Crippen LogP contribution is 2.64. The molecule has 1 unspecified atom stereocenters. The summed E-state index contributed by atoms with van der Waals surface area (Å²) >= 11 is 0. The van der Waals surface area contributed by atoms with Crippen molar-refractivity contribution in [3.63, 3.8) is 0 Å².